The van der Waals surface area contributed by atoms with E-state index >= 15 is 0 Å². The summed E-state index contributed by atoms with van der Waals surface area (Å²) in [6.07, 6.45) is 0.889. The largest absolute Gasteiger partial charge is 0.497 e. The number of hydrogen-bond acceptors (Lipinski definition) is 5. The molecule has 3 N–H and O–H groups in total. The van der Waals surface area contributed by atoms with Crippen LogP contribution in [0.3, 0.4) is 0 Å². The second-order valence-electron chi connectivity index (χ2n) is 5.07. The molecule has 0 spiro atoms. The van der Waals surface area contributed by atoms with Crippen molar-refractivity contribution >= 4 is 0 Å². The van der Waals surface area contributed by atoms with Gasteiger partial charge in [-0.25, -0.2) is 0 Å². The molecular weight excluding hydrogens is 256 g/mol. The molecule has 112 valence electrons. The Hall–Kier alpha value is -1.30. The summed E-state index contributed by atoms with van der Waals surface area (Å²) in [5.41, 5.74) is 8.27. The number of nitrogens with zero attached hydrogens (tertiary/aromatic N) is 1. The van der Waals surface area contributed by atoms with E-state index in [2.05, 4.69) is 11.8 Å². The molecule has 0 saturated carbocycles. The van der Waals surface area contributed by atoms with E-state index in [1.807, 2.05) is 12.1 Å². The van der Waals surface area contributed by atoms with Gasteiger partial charge >= 0.3 is 0 Å². The Bertz CT molecular complexity index is 461. The number of methoxy groups -OCH3 is 2. The van der Waals surface area contributed by atoms with Gasteiger partial charge in [-0.3, -0.25) is 4.90 Å². The van der Waals surface area contributed by atoms with E-state index in [-0.39, 0.29) is 18.7 Å². The topological polar surface area (TPSA) is 68.0 Å². The van der Waals surface area contributed by atoms with Crippen molar-refractivity contribution in [2.45, 2.75) is 32.0 Å². The van der Waals surface area contributed by atoms with Gasteiger partial charge in [-0.15, -0.1) is 0 Å². The van der Waals surface area contributed by atoms with E-state index in [0.29, 0.717) is 6.54 Å². The van der Waals surface area contributed by atoms with Crippen LogP contribution in [-0.2, 0) is 6.54 Å². The zero-order chi connectivity index (χ0) is 14.7. The predicted molar refractivity (Wildman–Crippen MR) is 78.0 cm³/mol. The van der Waals surface area contributed by atoms with Crippen LogP contribution in [0.25, 0.3) is 0 Å². The van der Waals surface area contributed by atoms with Gasteiger partial charge in [0.05, 0.1) is 26.9 Å². The highest BCUT2D eigenvalue weighted by molar-refractivity contribution is 5.50. The molecule has 2 rings (SSSR count). The summed E-state index contributed by atoms with van der Waals surface area (Å²) in [6, 6.07) is 4.13. The van der Waals surface area contributed by atoms with Crippen LogP contribution < -0.4 is 15.2 Å². The number of hydrogen-bond donors (Lipinski definition) is 2. The van der Waals surface area contributed by atoms with Gasteiger partial charge < -0.3 is 20.3 Å². The van der Waals surface area contributed by atoms with Gasteiger partial charge in [0.15, 0.2) is 0 Å². The van der Waals surface area contributed by atoms with E-state index in [4.69, 9.17) is 15.2 Å². The molecule has 0 aliphatic carbocycles. The Morgan fingerprint density at radius 3 is 2.65 bits per heavy atom. The van der Waals surface area contributed by atoms with Crippen LogP contribution >= 0.6 is 0 Å². The molecule has 2 atom stereocenters. The first-order chi connectivity index (χ1) is 9.69. The maximum atomic E-state index is 9.57. The Labute approximate surface area is 120 Å². The average Bonchev–Trinajstić information content (AvgIpc) is 2.85. The zero-order valence-electron chi connectivity index (χ0n) is 12.4. The van der Waals surface area contributed by atoms with Crippen molar-refractivity contribution in [3.05, 3.63) is 23.3 Å². The number of aliphatic hydroxyl groups excluding tert-OH is 1. The van der Waals surface area contributed by atoms with E-state index in [9.17, 15) is 5.11 Å². The minimum absolute atomic E-state index is 0.0861. The van der Waals surface area contributed by atoms with Crippen LogP contribution in [0.15, 0.2) is 12.1 Å². The minimum Gasteiger partial charge on any atom is -0.497 e. The van der Waals surface area contributed by atoms with E-state index in [0.717, 1.165) is 30.0 Å². The van der Waals surface area contributed by atoms with Gasteiger partial charge in [0.1, 0.15) is 11.5 Å². The van der Waals surface area contributed by atoms with Gasteiger partial charge in [0.25, 0.3) is 0 Å². The van der Waals surface area contributed by atoms with Gasteiger partial charge in [-0.1, -0.05) is 6.92 Å². The summed E-state index contributed by atoms with van der Waals surface area (Å²) in [5.74, 6) is 1.60. The second-order valence-corrected chi connectivity index (χ2v) is 5.07. The molecule has 1 aromatic carbocycles. The number of rotatable bonds is 6. The lowest BCUT2D eigenvalue weighted by atomic mass is 10.0. The smallest absolute Gasteiger partial charge is 0.127 e. The maximum Gasteiger partial charge on any atom is 0.127 e. The van der Waals surface area contributed by atoms with Gasteiger partial charge in [-0.2, -0.15) is 0 Å². The van der Waals surface area contributed by atoms with Crippen LogP contribution in [0.4, 0.5) is 0 Å². The molecule has 0 radical (unpaired) electrons. The quantitative estimate of drug-likeness (QED) is 0.822. The third kappa shape index (κ3) is 2.49. The first-order valence-corrected chi connectivity index (χ1v) is 7.01. The van der Waals surface area contributed by atoms with Gasteiger partial charge in [0.2, 0.25) is 0 Å². The summed E-state index contributed by atoms with van der Waals surface area (Å²) in [5, 5.41) is 9.57. The molecule has 0 saturated heterocycles. The Kier molecular flexibility index (Phi) is 4.86. The third-order valence-electron chi connectivity index (χ3n) is 4.12. The van der Waals surface area contributed by atoms with E-state index in [1.54, 1.807) is 14.2 Å². The van der Waals surface area contributed by atoms with Crippen LogP contribution in [-0.4, -0.2) is 43.4 Å². The first kappa shape index (κ1) is 15.1. The fraction of sp³-hybridized carbons (Fsp3) is 0.600. The van der Waals surface area contributed by atoms with Crippen molar-refractivity contribution in [3.63, 3.8) is 0 Å². The highest BCUT2D eigenvalue weighted by Gasteiger charge is 2.36. The van der Waals surface area contributed by atoms with Crippen molar-refractivity contribution in [2.75, 3.05) is 27.4 Å². The number of benzene rings is 1. The molecular formula is C15H24N2O3. The Morgan fingerprint density at radius 1 is 1.40 bits per heavy atom. The van der Waals surface area contributed by atoms with Crippen LogP contribution in [0.1, 0.15) is 30.5 Å². The lowest BCUT2D eigenvalue weighted by molar-refractivity contribution is 0.0888. The number of ether oxygens (including phenoxy) is 2. The number of nitrogens with two attached hydrogens (primary N) is 1. The maximum absolute atomic E-state index is 9.57. The van der Waals surface area contributed by atoms with Crippen LogP contribution in [0.2, 0.25) is 0 Å². The molecule has 5 heteroatoms. The minimum atomic E-state index is 0.0861. The van der Waals surface area contributed by atoms with Crippen molar-refractivity contribution in [1.29, 1.82) is 0 Å². The summed E-state index contributed by atoms with van der Waals surface area (Å²) in [7, 11) is 3.31. The van der Waals surface area contributed by atoms with Gasteiger partial charge in [0, 0.05) is 30.8 Å². The van der Waals surface area contributed by atoms with Crippen molar-refractivity contribution in [3.8, 4) is 11.5 Å². The highest BCUT2D eigenvalue weighted by Crippen LogP contribution is 2.43. The fourth-order valence-corrected chi connectivity index (χ4v) is 3.03. The summed E-state index contributed by atoms with van der Waals surface area (Å²) >= 11 is 0. The molecule has 1 aliphatic rings. The number of aliphatic hydroxyl groups is 1. The molecule has 0 aromatic heterocycles. The predicted octanol–water partition coefficient (Wildman–Crippen LogP) is 1.29. The lowest BCUT2D eigenvalue weighted by Gasteiger charge is -2.31. The highest BCUT2D eigenvalue weighted by atomic mass is 16.5. The molecule has 2 unspecified atom stereocenters. The normalized spacial score (nSPS) is 19.8. The van der Waals surface area contributed by atoms with Crippen molar-refractivity contribution in [2.24, 2.45) is 5.73 Å². The average molecular weight is 280 g/mol. The zero-order valence-corrected chi connectivity index (χ0v) is 12.4. The number of fused-ring (bicyclic) bond motifs is 1. The van der Waals surface area contributed by atoms with E-state index < -0.39 is 0 Å². The second kappa shape index (κ2) is 6.43. The molecule has 1 aromatic rings. The standard InChI is InChI=1S/C15H24N2O3/c1-4-11(9-18)17-8-10-5-12(19-2)6-14(20-3)15(10)13(17)7-16/h5-6,11,13,18H,4,7-9,16H2,1-3H3. The molecule has 0 bridgehead atoms. The lowest BCUT2D eigenvalue weighted by Crippen LogP contribution is -2.39. The van der Waals surface area contributed by atoms with E-state index in [1.165, 1.54) is 5.56 Å². The fourth-order valence-electron chi connectivity index (χ4n) is 3.03. The summed E-state index contributed by atoms with van der Waals surface area (Å²) < 4.78 is 10.8. The summed E-state index contributed by atoms with van der Waals surface area (Å²) in [6.45, 7) is 3.49. The Morgan fingerprint density at radius 2 is 2.15 bits per heavy atom. The summed E-state index contributed by atoms with van der Waals surface area (Å²) in [4.78, 5) is 2.26. The monoisotopic (exact) mass is 280 g/mol. The van der Waals surface area contributed by atoms with Crippen LogP contribution in [0.5, 0.6) is 11.5 Å². The molecule has 0 amide bonds. The molecule has 20 heavy (non-hydrogen) atoms. The van der Waals surface area contributed by atoms with Crippen molar-refractivity contribution in [1.82, 2.24) is 4.90 Å². The molecule has 1 aliphatic heterocycles. The Balaban J connectivity index is 2.43. The van der Waals surface area contributed by atoms with Crippen molar-refractivity contribution < 1.29 is 14.6 Å². The first-order valence-electron chi connectivity index (χ1n) is 7.01. The SMILES string of the molecule is CCC(CO)N1Cc2cc(OC)cc(OC)c2C1CN. The third-order valence-corrected chi connectivity index (χ3v) is 4.12. The van der Waals surface area contributed by atoms with Gasteiger partial charge in [-0.05, 0) is 18.1 Å². The molecule has 5 nitrogen and oxygen atoms in total. The molecule has 1 heterocycles. The van der Waals surface area contributed by atoms with Crippen LogP contribution in [0, 0.1) is 0 Å². The molecule has 0 fully saturated rings.